The van der Waals surface area contributed by atoms with Crippen molar-refractivity contribution in [2.45, 2.75) is 44.9 Å². The number of benzene rings is 3. The summed E-state index contributed by atoms with van der Waals surface area (Å²) in [6.45, 7) is 3.70. The Labute approximate surface area is 271 Å². The van der Waals surface area contributed by atoms with E-state index in [2.05, 4.69) is 5.32 Å². The molecule has 1 aromatic heterocycles. The highest BCUT2D eigenvalue weighted by atomic mass is 19.1. The van der Waals surface area contributed by atoms with Crippen LogP contribution >= 0.6 is 0 Å². The number of aliphatic hydroxyl groups excluding tert-OH is 2. The zero-order chi connectivity index (χ0) is 34.4. The van der Waals surface area contributed by atoms with Crippen molar-refractivity contribution < 1.29 is 38.5 Å². The molecule has 0 aliphatic heterocycles. The molecule has 0 spiro atoms. The van der Waals surface area contributed by atoms with Crippen molar-refractivity contribution in [1.82, 2.24) is 9.47 Å². The second-order valence-electron chi connectivity index (χ2n) is 11.6. The van der Waals surface area contributed by atoms with Gasteiger partial charge in [0.05, 0.1) is 18.6 Å². The Hall–Kier alpha value is -5.13. The van der Waals surface area contributed by atoms with Crippen LogP contribution in [0.2, 0.25) is 0 Å². The first-order valence-corrected chi connectivity index (χ1v) is 15.0. The third-order valence-corrected chi connectivity index (χ3v) is 7.41. The van der Waals surface area contributed by atoms with E-state index in [0.717, 1.165) is 0 Å². The van der Waals surface area contributed by atoms with Crippen LogP contribution in [0.15, 0.2) is 78.9 Å². The van der Waals surface area contributed by atoms with Crippen LogP contribution in [0.5, 0.6) is 0 Å². The molecule has 0 saturated heterocycles. The second-order valence-corrected chi connectivity index (χ2v) is 11.6. The van der Waals surface area contributed by atoms with Crippen LogP contribution < -0.4 is 5.32 Å². The number of hydrogen-bond donors (Lipinski definition) is 4. The number of carboxylic acids is 1. The molecule has 4 rings (SSSR count). The summed E-state index contributed by atoms with van der Waals surface area (Å²) in [5.74, 6) is -2.98. The Morgan fingerprint density at radius 3 is 2.00 bits per heavy atom. The molecule has 0 saturated carbocycles. The highest BCUT2D eigenvalue weighted by molar-refractivity contribution is 6.12. The maximum Gasteiger partial charge on any atom is 0.305 e. The number of aliphatic hydroxyl groups is 2. The minimum atomic E-state index is -1.30. The zero-order valence-corrected chi connectivity index (χ0v) is 26.4. The van der Waals surface area contributed by atoms with Crippen LogP contribution in [0.3, 0.4) is 0 Å². The van der Waals surface area contributed by atoms with Crippen molar-refractivity contribution in [3.63, 3.8) is 0 Å². The van der Waals surface area contributed by atoms with Crippen LogP contribution in [0, 0.1) is 11.6 Å². The number of aliphatic carboxylic acids is 1. The number of hydrogen-bond acceptors (Lipinski definition) is 5. The first-order chi connectivity index (χ1) is 22.3. The molecule has 9 nitrogen and oxygen atoms in total. The number of rotatable bonds is 12. The maximum absolute atomic E-state index is 14.3. The molecule has 2 amide bonds. The predicted octanol–water partition coefficient (Wildman–Crippen LogP) is 6.24. The molecular weight excluding hydrogens is 608 g/mol. The number of aromatic nitrogens is 1. The minimum absolute atomic E-state index is 0.176. The molecular formula is C36H37F2N3O6. The molecule has 0 bridgehead atoms. The first kappa shape index (κ1) is 34.7. The first-order valence-electron chi connectivity index (χ1n) is 15.0. The average Bonchev–Trinajstić information content (AvgIpc) is 3.35. The molecule has 1 heterocycles. The van der Waals surface area contributed by atoms with Crippen molar-refractivity contribution in [3.8, 4) is 22.3 Å². The average molecular weight is 646 g/mol. The molecule has 4 N–H and O–H groups in total. The van der Waals surface area contributed by atoms with E-state index in [1.807, 2.05) is 13.8 Å². The van der Waals surface area contributed by atoms with E-state index in [1.165, 1.54) is 47.4 Å². The second kappa shape index (κ2) is 15.0. The molecule has 47 heavy (non-hydrogen) atoms. The van der Waals surface area contributed by atoms with E-state index in [1.54, 1.807) is 61.1 Å². The van der Waals surface area contributed by atoms with Crippen LogP contribution in [-0.2, 0) is 4.79 Å². The van der Waals surface area contributed by atoms with E-state index in [9.17, 15) is 33.4 Å². The lowest BCUT2D eigenvalue weighted by Gasteiger charge is -2.18. The van der Waals surface area contributed by atoms with Crippen LogP contribution in [0.1, 0.15) is 59.3 Å². The highest BCUT2D eigenvalue weighted by Crippen LogP contribution is 2.43. The Bertz CT molecular complexity index is 1780. The maximum atomic E-state index is 14.3. The van der Waals surface area contributed by atoms with Gasteiger partial charge in [0, 0.05) is 54.6 Å². The van der Waals surface area contributed by atoms with Crippen LogP contribution in [0.25, 0.3) is 28.3 Å². The predicted molar refractivity (Wildman–Crippen MR) is 176 cm³/mol. The summed E-state index contributed by atoms with van der Waals surface area (Å²) in [4.78, 5) is 39.4. The Kier molecular flexibility index (Phi) is 11.1. The Balaban J connectivity index is 1.96. The van der Waals surface area contributed by atoms with E-state index < -0.39 is 42.1 Å². The number of carbonyl (C=O) groups is 3. The number of halogens is 2. The number of amides is 2. The fraction of sp³-hybridized carbons (Fsp3) is 0.250. The number of nitrogens with one attached hydrogen (secondary N) is 1. The van der Waals surface area contributed by atoms with Crippen LogP contribution in [-0.4, -0.2) is 68.9 Å². The third kappa shape index (κ3) is 8.37. The standard InChI is InChI=1S/C36H37F2N3O6/c1-21(2)41-30(17-16-28(42)19-29(43)20-31(44)45)32(22-8-12-25(37)13-9-22)33(23-10-14-26(38)15-11-23)34(41)35(46)39-27-7-5-6-24(18-27)36(47)40(3)4/h5-18,21,28-29,42-43H,19-20H2,1-4H3,(H,39,46)(H,44,45)/b17-16+/t28-,29-/m1/s1. The molecule has 0 unspecified atom stereocenters. The van der Waals surface area contributed by atoms with Crippen LogP contribution in [0.4, 0.5) is 14.5 Å². The van der Waals surface area contributed by atoms with Gasteiger partial charge in [0.1, 0.15) is 17.3 Å². The molecule has 4 aromatic rings. The highest BCUT2D eigenvalue weighted by Gasteiger charge is 2.30. The molecule has 0 fully saturated rings. The van der Waals surface area contributed by atoms with Gasteiger partial charge in [-0.2, -0.15) is 0 Å². The fourth-order valence-electron chi connectivity index (χ4n) is 5.36. The van der Waals surface area contributed by atoms with Gasteiger partial charge in [0.2, 0.25) is 0 Å². The van der Waals surface area contributed by atoms with Gasteiger partial charge >= 0.3 is 5.97 Å². The van der Waals surface area contributed by atoms with E-state index in [-0.39, 0.29) is 24.1 Å². The number of carbonyl (C=O) groups excluding carboxylic acids is 2. The smallest absolute Gasteiger partial charge is 0.305 e. The summed E-state index contributed by atoms with van der Waals surface area (Å²) in [7, 11) is 3.24. The molecule has 0 aliphatic carbocycles. The van der Waals surface area contributed by atoms with E-state index in [4.69, 9.17) is 5.11 Å². The minimum Gasteiger partial charge on any atom is -0.481 e. The van der Waals surface area contributed by atoms with Crippen molar-refractivity contribution in [2.24, 2.45) is 0 Å². The van der Waals surface area contributed by atoms with Gasteiger partial charge in [-0.25, -0.2) is 8.78 Å². The fourth-order valence-corrected chi connectivity index (χ4v) is 5.36. The van der Waals surface area contributed by atoms with Gasteiger partial charge in [-0.05, 0) is 73.5 Å². The van der Waals surface area contributed by atoms with E-state index in [0.29, 0.717) is 39.2 Å². The molecule has 246 valence electrons. The number of carboxylic acid groups (broad SMARTS) is 1. The SMILES string of the molecule is CC(C)n1c(/C=C/[C@@H](O)C[C@@H](O)CC(=O)O)c(-c2ccc(F)cc2)c(-c2ccc(F)cc2)c1C(=O)Nc1cccc(C(=O)N(C)C)c1. The van der Waals surface area contributed by atoms with Gasteiger partial charge in [0.25, 0.3) is 11.8 Å². The largest absolute Gasteiger partial charge is 0.481 e. The Morgan fingerprint density at radius 1 is 0.894 bits per heavy atom. The number of nitrogens with zero attached hydrogens (tertiary/aromatic N) is 2. The monoisotopic (exact) mass is 645 g/mol. The van der Waals surface area contributed by atoms with Crippen molar-refractivity contribution in [3.05, 3.63) is 107 Å². The van der Waals surface area contributed by atoms with Crippen molar-refractivity contribution >= 4 is 29.5 Å². The topological polar surface area (TPSA) is 132 Å². The number of anilines is 1. The summed E-state index contributed by atoms with van der Waals surface area (Å²) in [5.41, 5.74) is 3.24. The zero-order valence-electron chi connectivity index (χ0n) is 26.4. The summed E-state index contributed by atoms with van der Waals surface area (Å²) in [6, 6.07) is 17.3. The molecule has 2 atom stereocenters. The van der Waals surface area contributed by atoms with Crippen molar-refractivity contribution in [2.75, 3.05) is 19.4 Å². The normalized spacial score (nSPS) is 12.7. The molecule has 0 radical (unpaired) electrons. The lowest BCUT2D eigenvalue weighted by Crippen LogP contribution is -2.22. The molecule has 11 heteroatoms. The summed E-state index contributed by atoms with van der Waals surface area (Å²) in [5, 5.41) is 32.7. The van der Waals surface area contributed by atoms with E-state index >= 15 is 0 Å². The Morgan fingerprint density at radius 2 is 1.47 bits per heavy atom. The van der Waals surface area contributed by atoms with Gasteiger partial charge in [-0.15, -0.1) is 0 Å². The van der Waals surface area contributed by atoms with Gasteiger partial charge in [-0.1, -0.05) is 36.4 Å². The molecule has 0 aliphatic rings. The van der Waals surface area contributed by atoms with Crippen molar-refractivity contribution in [1.29, 1.82) is 0 Å². The van der Waals surface area contributed by atoms with Gasteiger partial charge in [0.15, 0.2) is 0 Å². The quantitative estimate of drug-likeness (QED) is 0.144. The summed E-state index contributed by atoms with van der Waals surface area (Å²) >= 11 is 0. The van der Waals surface area contributed by atoms with Gasteiger partial charge in [-0.3, -0.25) is 14.4 Å². The lowest BCUT2D eigenvalue weighted by atomic mass is 9.94. The third-order valence-electron chi connectivity index (χ3n) is 7.41. The summed E-state index contributed by atoms with van der Waals surface area (Å²) in [6.07, 6.45) is -0.391. The summed E-state index contributed by atoms with van der Waals surface area (Å²) < 4.78 is 30.0. The van der Waals surface area contributed by atoms with Gasteiger partial charge < -0.3 is 30.1 Å². The lowest BCUT2D eigenvalue weighted by molar-refractivity contribution is -0.139. The molecule has 3 aromatic carbocycles.